The first-order valence-corrected chi connectivity index (χ1v) is 9.17. The molecular formula is C19H17Cl2FN2O2. The van der Waals surface area contributed by atoms with Gasteiger partial charge in [-0.25, -0.2) is 4.39 Å². The fourth-order valence-electron chi connectivity index (χ4n) is 3.88. The monoisotopic (exact) mass is 394 g/mol. The number of aryl methyl sites for hydroxylation is 1. The normalized spacial score (nSPS) is 29.8. The highest BCUT2D eigenvalue weighted by Crippen LogP contribution is 2.50. The summed E-state index contributed by atoms with van der Waals surface area (Å²) in [5.41, 5.74) is 2.23. The average Bonchev–Trinajstić information content (AvgIpc) is 3.16. The third-order valence-electron chi connectivity index (χ3n) is 5.10. The minimum Gasteiger partial charge on any atom is -0.370 e. The van der Waals surface area contributed by atoms with Crippen LogP contribution in [-0.4, -0.2) is 29.3 Å². The van der Waals surface area contributed by atoms with Gasteiger partial charge in [0, 0.05) is 29.9 Å². The number of rotatable bonds is 3. The van der Waals surface area contributed by atoms with Gasteiger partial charge in [0.2, 0.25) is 5.91 Å². The molecule has 4 nitrogen and oxygen atoms in total. The lowest BCUT2D eigenvalue weighted by molar-refractivity contribution is -0.121. The Balaban J connectivity index is 1.61. The van der Waals surface area contributed by atoms with Crippen LogP contribution < -0.4 is 5.32 Å². The number of alkyl halides is 1. The predicted octanol–water partition coefficient (Wildman–Crippen LogP) is 4.54. The zero-order valence-corrected chi connectivity index (χ0v) is 15.5. The maximum atomic E-state index is 14.3. The van der Waals surface area contributed by atoms with Gasteiger partial charge in [0.1, 0.15) is 6.17 Å². The number of pyridine rings is 1. The summed E-state index contributed by atoms with van der Waals surface area (Å²) in [4.78, 5) is 17.2. The van der Waals surface area contributed by atoms with Gasteiger partial charge in [-0.1, -0.05) is 29.3 Å². The molecule has 1 aromatic heterocycles. The van der Waals surface area contributed by atoms with Gasteiger partial charge in [0.05, 0.1) is 28.2 Å². The third-order valence-corrected chi connectivity index (χ3v) is 5.84. The molecule has 2 aromatic rings. The number of nitrogens with one attached hydrogen (secondary N) is 1. The van der Waals surface area contributed by atoms with Gasteiger partial charge < -0.3 is 10.1 Å². The molecular weight excluding hydrogens is 378 g/mol. The van der Waals surface area contributed by atoms with E-state index in [-0.39, 0.29) is 18.2 Å². The van der Waals surface area contributed by atoms with Crippen molar-refractivity contribution in [2.75, 3.05) is 5.32 Å². The number of ether oxygens (including phenoxy) is 1. The van der Waals surface area contributed by atoms with Crippen LogP contribution in [0.25, 0.3) is 0 Å². The predicted molar refractivity (Wildman–Crippen MR) is 98.5 cm³/mol. The zero-order valence-electron chi connectivity index (χ0n) is 14.0. The molecule has 2 aliphatic heterocycles. The number of benzene rings is 1. The van der Waals surface area contributed by atoms with E-state index in [0.717, 1.165) is 11.3 Å². The van der Waals surface area contributed by atoms with Gasteiger partial charge in [0.25, 0.3) is 0 Å². The molecule has 7 heteroatoms. The van der Waals surface area contributed by atoms with E-state index in [0.29, 0.717) is 15.7 Å². The topological polar surface area (TPSA) is 51.2 Å². The van der Waals surface area contributed by atoms with Crippen LogP contribution in [0.2, 0.25) is 10.0 Å². The molecule has 0 radical (unpaired) electrons. The van der Waals surface area contributed by atoms with E-state index in [4.69, 9.17) is 27.9 Å². The summed E-state index contributed by atoms with van der Waals surface area (Å²) in [6.45, 7) is 1.88. The Bertz CT molecular complexity index is 846. The molecule has 0 unspecified atom stereocenters. The summed E-state index contributed by atoms with van der Waals surface area (Å²) in [5, 5.41) is 3.63. The molecule has 0 aliphatic carbocycles. The number of nitrogens with zero attached hydrogens (tertiary/aromatic N) is 1. The van der Waals surface area contributed by atoms with Crippen molar-refractivity contribution in [3.05, 3.63) is 57.8 Å². The molecule has 1 N–H and O–H groups in total. The van der Waals surface area contributed by atoms with Crippen LogP contribution in [0.3, 0.4) is 0 Å². The molecule has 5 atom stereocenters. The number of hydrogen-bond donors (Lipinski definition) is 1. The summed E-state index contributed by atoms with van der Waals surface area (Å²) in [6, 6.07) is 8.65. The Morgan fingerprint density at radius 1 is 1.27 bits per heavy atom. The summed E-state index contributed by atoms with van der Waals surface area (Å²) in [7, 11) is 0. The smallest absolute Gasteiger partial charge is 0.230 e. The van der Waals surface area contributed by atoms with Crippen molar-refractivity contribution in [2.24, 2.45) is 5.92 Å². The minimum absolute atomic E-state index is 0.214. The highest BCUT2D eigenvalue weighted by atomic mass is 35.5. The van der Waals surface area contributed by atoms with E-state index in [1.165, 1.54) is 0 Å². The number of carbonyl (C=O) groups excluding carboxylic acids is 1. The molecule has 2 fully saturated rings. The number of anilines is 1. The minimum atomic E-state index is -1.07. The van der Waals surface area contributed by atoms with E-state index >= 15 is 0 Å². The highest BCUT2D eigenvalue weighted by molar-refractivity contribution is 6.42. The van der Waals surface area contributed by atoms with Crippen LogP contribution >= 0.6 is 23.2 Å². The fraction of sp³-hybridized carbons (Fsp3) is 0.368. The summed E-state index contributed by atoms with van der Waals surface area (Å²) in [6.07, 6.45) is -0.186. The Hall–Kier alpha value is -1.69. The van der Waals surface area contributed by atoms with Gasteiger partial charge in [-0.2, -0.15) is 0 Å². The van der Waals surface area contributed by atoms with Gasteiger partial charge in [0.15, 0.2) is 0 Å². The van der Waals surface area contributed by atoms with E-state index in [1.54, 1.807) is 24.4 Å². The van der Waals surface area contributed by atoms with Crippen LogP contribution in [0, 0.1) is 12.8 Å². The number of fused-ring (bicyclic) bond motifs is 2. The Morgan fingerprint density at radius 2 is 2.08 bits per heavy atom. The third kappa shape index (κ3) is 3.08. The summed E-state index contributed by atoms with van der Waals surface area (Å²) < 4.78 is 20.1. The number of halogens is 3. The van der Waals surface area contributed by atoms with Crippen molar-refractivity contribution in [3.63, 3.8) is 0 Å². The molecule has 0 saturated carbocycles. The number of carbonyl (C=O) groups is 1. The van der Waals surface area contributed by atoms with E-state index in [9.17, 15) is 9.18 Å². The molecule has 136 valence electrons. The Kier molecular flexibility index (Phi) is 4.63. The zero-order chi connectivity index (χ0) is 18.4. The second-order valence-corrected chi connectivity index (χ2v) is 7.61. The highest BCUT2D eigenvalue weighted by Gasteiger charge is 2.57. The van der Waals surface area contributed by atoms with Gasteiger partial charge in [-0.05, 0) is 36.8 Å². The van der Waals surface area contributed by atoms with E-state index in [1.807, 2.05) is 19.1 Å². The quantitative estimate of drug-likeness (QED) is 0.830. The lowest BCUT2D eigenvalue weighted by atomic mass is 9.74. The van der Waals surface area contributed by atoms with Gasteiger partial charge in [-0.15, -0.1) is 0 Å². The SMILES string of the molecule is Cc1ccc([C@H]2[C@H]3O[C@H](C[C@H]3F)[C@H]2C(=O)Nc2ccc(Cl)c(Cl)c2)cn1. The summed E-state index contributed by atoms with van der Waals surface area (Å²) in [5.74, 6) is -1.06. The van der Waals surface area contributed by atoms with E-state index < -0.39 is 24.3 Å². The van der Waals surface area contributed by atoms with Crippen molar-refractivity contribution in [1.29, 1.82) is 0 Å². The number of aromatic nitrogens is 1. The maximum absolute atomic E-state index is 14.3. The summed E-state index contributed by atoms with van der Waals surface area (Å²) >= 11 is 11.9. The average molecular weight is 395 g/mol. The van der Waals surface area contributed by atoms with Crippen molar-refractivity contribution < 1.29 is 13.9 Å². The largest absolute Gasteiger partial charge is 0.370 e. The van der Waals surface area contributed by atoms with Crippen LogP contribution in [0.4, 0.5) is 10.1 Å². The Labute approximate surface area is 160 Å². The lowest BCUT2D eigenvalue weighted by Crippen LogP contribution is -2.39. The second kappa shape index (κ2) is 6.80. The van der Waals surface area contributed by atoms with Crippen LogP contribution in [0.15, 0.2) is 36.5 Å². The lowest BCUT2D eigenvalue weighted by Gasteiger charge is -2.29. The van der Waals surface area contributed by atoms with Crippen LogP contribution in [0.5, 0.6) is 0 Å². The fourth-order valence-corrected chi connectivity index (χ4v) is 4.18. The van der Waals surface area contributed by atoms with Crippen molar-refractivity contribution in [2.45, 2.75) is 37.6 Å². The second-order valence-electron chi connectivity index (χ2n) is 6.79. The molecule has 26 heavy (non-hydrogen) atoms. The standard InChI is InChI=1S/C19H17Cl2FN2O2/c1-9-2-3-10(8-23-9)16-17(15-7-14(22)18(16)26-15)19(25)24-11-4-5-12(20)13(21)6-11/h2-6,8,14-18H,7H2,1H3,(H,24,25)/t14-,15-,16-,17-,18+/m1/s1. The number of hydrogen-bond acceptors (Lipinski definition) is 3. The molecule has 2 aliphatic rings. The molecule has 1 amide bonds. The van der Waals surface area contributed by atoms with Crippen LogP contribution in [-0.2, 0) is 9.53 Å². The van der Waals surface area contributed by atoms with Crippen LogP contribution in [0.1, 0.15) is 23.6 Å². The van der Waals surface area contributed by atoms with Gasteiger partial charge in [-0.3, -0.25) is 9.78 Å². The van der Waals surface area contributed by atoms with Gasteiger partial charge >= 0.3 is 0 Å². The first-order valence-electron chi connectivity index (χ1n) is 8.42. The van der Waals surface area contributed by atoms with Crippen molar-refractivity contribution >= 4 is 34.8 Å². The molecule has 3 heterocycles. The molecule has 2 saturated heterocycles. The molecule has 1 aromatic carbocycles. The van der Waals surface area contributed by atoms with Crippen molar-refractivity contribution in [1.82, 2.24) is 4.98 Å². The molecule has 2 bridgehead atoms. The van der Waals surface area contributed by atoms with E-state index in [2.05, 4.69) is 10.3 Å². The first-order chi connectivity index (χ1) is 12.4. The first kappa shape index (κ1) is 17.7. The number of amides is 1. The molecule has 4 rings (SSSR count). The van der Waals surface area contributed by atoms with Crippen molar-refractivity contribution in [3.8, 4) is 0 Å². The maximum Gasteiger partial charge on any atom is 0.230 e. The Morgan fingerprint density at radius 3 is 2.77 bits per heavy atom. The molecule has 0 spiro atoms.